The molecule has 37 heavy (non-hydrogen) atoms. The van der Waals surface area contributed by atoms with Gasteiger partial charge in [-0.3, -0.25) is 10.1 Å². The molecular formula is C27H23N5O5. The molecule has 0 radical (unpaired) electrons. The number of benzene rings is 2. The fourth-order valence-corrected chi connectivity index (χ4v) is 3.67. The molecule has 2 unspecified atom stereocenters. The van der Waals surface area contributed by atoms with Crippen molar-refractivity contribution < 1.29 is 24.0 Å². The number of nitriles is 1. The number of carboxylic acids is 1. The number of nitrogens with zero attached hydrogens (tertiary/aromatic N) is 3. The lowest BCUT2D eigenvalue weighted by Gasteiger charge is -2.15. The van der Waals surface area contributed by atoms with Gasteiger partial charge in [0.25, 0.3) is 0 Å². The zero-order valence-corrected chi connectivity index (χ0v) is 20.0. The highest BCUT2D eigenvalue weighted by atomic mass is 16.6. The van der Waals surface area contributed by atoms with E-state index in [-0.39, 0.29) is 17.1 Å². The van der Waals surface area contributed by atoms with Crippen LogP contribution in [0.1, 0.15) is 42.7 Å². The van der Waals surface area contributed by atoms with Crippen LogP contribution >= 0.6 is 0 Å². The Labute approximate surface area is 212 Å². The van der Waals surface area contributed by atoms with Crippen LogP contribution in [0.5, 0.6) is 0 Å². The van der Waals surface area contributed by atoms with Gasteiger partial charge in [-0.2, -0.15) is 5.26 Å². The van der Waals surface area contributed by atoms with Gasteiger partial charge in [0.2, 0.25) is 5.88 Å². The molecule has 10 heteroatoms. The first-order chi connectivity index (χ1) is 17.9. The topological polar surface area (TPSA) is 150 Å². The average Bonchev–Trinajstić information content (AvgIpc) is 3.31. The van der Waals surface area contributed by atoms with E-state index >= 15 is 0 Å². The van der Waals surface area contributed by atoms with E-state index in [2.05, 4.69) is 20.8 Å². The number of aliphatic carboxylic acids is 1. The Kier molecular flexibility index (Phi) is 7.45. The summed E-state index contributed by atoms with van der Waals surface area (Å²) < 4.78 is 10.6. The number of pyridine rings is 1. The van der Waals surface area contributed by atoms with Gasteiger partial charge in [-0.05, 0) is 43.2 Å². The van der Waals surface area contributed by atoms with Crippen LogP contribution < -0.4 is 10.6 Å². The van der Waals surface area contributed by atoms with Crippen LogP contribution in [0.3, 0.4) is 0 Å². The highest BCUT2D eigenvalue weighted by Crippen LogP contribution is 2.33. The molecule has 0 aliphatic rings. The fourth-order valence-electron chi connectivity index (χ4n) is 3.67. The summed E-state index contributed by atoms with van der Waals surface area (Å²) in [4.78, 5) is 28.3. The molecule has 0 aliphatic carbocycles. The zero-order valence-electron chi connectivity index (χ0n) is 20.0. The molecule has 2 heterocycles. The highest BCUT2D eigenvalue weighted by molar-refractivity contribution is 5.90. The number of carbonyl (C=O) groups excluding carboxylic acids is 1. The van der Waals surface area contributed by atoms with Crippen LogP contribution in [0.25, 0.3) is 11.1 Å². The molecule has 0 spiro atoms. The number of para-hydroxylation sites is 1. The normalized spacial score (nSPS) is 12.1. The molecule has 4 rings (SSSR count). The van der Waals surface area contributed by atoms with Gasteiger partial charge in [-0.1, -0.05) is 53.7 Å². The summed E-state index contributed by atoms with van der Waals surface area (Å²) in [6, 6.07) is 21.6. The first-order valence-electron chi connectivity index (χ1n) is 11.3. The van der Waals surface area contributed by atoms with Gasteiger partial charge in [0.05, 0.1) is 11.5 Å². The standard InChI is InChI=1S/C27H23N5O5/c1-16(26(33)34)20-10-6-7-11-21(20)30-23-13-12-19(15-29-23)24-22(14-28)32-37-25(24)31-27(35)36-17(2)18-8-4-3-5-9-18/h3-13,15-17H,1-2H3,(H,29,30)(H,31,35)(H,33,34). The number of rotatable bonds is 8. The molecule has 0 saturated heterocycles. The Morgan fingerprint density at radius 2 is 1.78 bits per heavy atom. The van der Waals surface area contributed by atoms with Crippen molar-refractivity contribution in [2.75, 3.05) is 10.6 Å². The van der Waals surface area contributed by atoms with E-state index in [0.29, 0.717) is 22.6 Å². The third-order valence-electron chi connectivity index (χ3n) is 5.68. The molecule has 10 nitrogen and oxygen atoms in total. The quantitative estimate of drug-likeness (QED) is 0.272. The summed E-state index contributed by atoms with van der Waals surface area (Å²) in [7, 11) is 0. The van der Waals surface area contributed by atoms with E-state index in [0.717, 1.165) is 5.56 Å². The van der Waals surface area contributed by atoms with Crippen LogP contribution in [0.2, 0.25) is 0 Å². The number of ether oxygens (including phenoxy) is 1. The van der Waals surface area contributed by atoms with Gasteiger partial charge >= 0.3 is 12.1 Å². The Morgan fingerprint density at radius 3 is 2.46 bits per heavy atom. The van der Waals surface area contributed by atoms with Crippen molar-refractivity contribution in [3.8, 4) is 17.2 Å². The fraction of sp³-hybridized carbons (Fsp3) is 0.148. The zero-order chi connectivity index (χ0) is 26.4. The van der Waals surface area contributed by atoms with Crippen molar-refractivity contribution in [2.45, 2.75) is 25.9 Å². The lowest BCUT2D eigenvalue weighted by Crippen LogP contribution is -2.16. The second-order valence-electron chi connectivity index (χ2n) is 8.13. The SMILES string of the molecule is CC(OC(=O)Nc1onc(C#N)c1-c1ccc(Nc2ccccc2C(C)C(=O)O)nc1)c1ccccc1. The van der Waals surface area contributed by atoms with Crippen LogP contribution in [0.15, 0.2) is 77.4 Å². The highest BCUT2D eigenvalue weighted by Gasteiger charge is 2.22. The van der Waals surface area contributed by atoms with E-state index in [1.807, 2.05) is 36.4 Å². The maximum atomic E-state index is 12.5. The van der Waals surface area contributed by atoms with E-state index in [1.165, 1.54) is 6.20 Å². The molecule has 0 aliphatic heterocycles. The third-order valence-corrected chi connectivity index (χ3v) is 5.68. The van der Waals surface area contributed by atoms with Gasteiger partial charge in [0.1, 0.15) is 18.0 Å². The van der Waals surface area contributed by atoms with E-state index in [4.69, 9.17) is 9.26 Å². The molecular weight excluding hydrogens is 474 g/mol. The summed E-state index contributed by atoms with van der Waals surface area (Å²) in [5.74, 6) is -1.25. The van der Waals surface area contributed by atoms with Gasteiger partial charge < -0.3 is 19.7 Å². The van der Waals surface area contributed by atoms with Crippen molar-refractivity contribution in [3.63, 3.8) is 0 Å². The van der Waals surface area contributed by atoms with E-state index < -0.39 is 24.1 Å². The number of hydrogen-bond acceptors (Lipinski definition) is 8. The number of aromatic nitrogens is 2. The van der Waals surface area contributed by atoms with Crippen LogP contribution in [-0.4, -0.2) is 27.3 Å². The van der Waals surface area contributed by atoms with E-state index in [1.54, 1.807) is 50.2 Å². The first kappa shape index (κ1) is 24.9. The van der Waals surface area contributed by atoms with Crippen molar-refractivity contribution in [1.29, 1.82) is 5.26 Å². The molecule has 3 N–H and O–H groups in total. The number of hydrogen-bond donors (Lipinski definition) is 3. The minimum absolute atomic E-state index is 0.0328. The lowest BCUT2D eigenvalue weighted by atomic mass is 9.99. The van der Waals surface area contributed by atoms with Crippen LogP contribution in [0.4, 0.5) is 22.2 Å². The summed E-state index contributed by atoms with van der Waals surface area (Å²) in [6.45, 7) is 3.34. The Balaban J connectivity index is 1.52. The molecule has 2 aromatic carbocycles. The van der Waals surface area contributed by atoms with Crippen molar-refractivity contribution in [1.82, 2.24) is 10.1 Å². The maximum Gasteiger partial charge on any atom is 0.414 e. The average molecular weight is 498 g/mol. The molecule has 2 atom stereocenters. The van der Waals surface area contributed by atoms with Gasteiger partial charge in [-0.25, -0.2) is 9.78 Å². The van der Waals surface area contributed by atoms with Gasteiger partial charge in [-0.15, -0.1) is 0 Å². The Bertz CT molecular complexity index is 1440. The monoisotopic (exact) mass is 497 g/mol. The number of anilines is 3. The second-order valence-corrected chi connectivity index (χ2v) is 8.13. The molecule has 0 saturated carbocycles. The minimum atomic E-state index is -0.939. The molecule has 1 amide bonds. The Hall–Kier alpha value is -5.17. The molecule has 0 fully saturated rings. The maximum absolute atomic E-state index is 12.5. The van der Waals surface area contributed by atoms with Gasteiger partial charge in [0.15, 0.2) is 5.69 Å². The van der Waals surface area contributed by atoms with Crippen molar-refractivity contribution >= 4 is 29.5 Å². The smallest absolute Gasteiger partial charge is 0.414 e. The number of carboxylic acid groups (broad SMARTS) is 1. The first-order valence-corrected chi connectivity index (χ1v) is 11.3. The van der Waals surface area contributed by atoms with Crippen molar-refractivity contribution in [2.24, 2.45) is 0 Å². The second kappa shape index (κ2) is 11.0. The van der Waals surface area contributed by atoms with Gasteiger partial charge in [0, 0.05) is 17.4 Å². The van der Waals surface area contributed by atoms with Crippen molar-refractivity contribution in [3.05, 3.63) is 89.7 Å². The predicted molar refractivity (Wildman–Crippen MR) is 135 cm³/mol. The summed E-state index contributed by atoms with van der Waals surface area (Å²) in [5.41, 5.74) is 2.74. The number of amides is 1. The summed E-state index contributed by atoms with van der Waals surface area (Å²) in [6.07, 6.45) is 0.206. The molecule has 186 valence electrons. The molecule has 2 aromatic heterocycles. The summed E-state index contributed by atoms with van der Waals surface area (Å²) in [5, 5.41) is 28.3. The van der Waals surface area contributed by atoms with Crippen LogP contribution in [-0.2, 0) is 9.53 Å². The predicted octanol–water partition coefficient (Wildman–Crippen LogP) is 5.85. The Morgan fingerprint density at radius 1 is 1.05 bits per heavy atom. The molecule has 4 aromatic rings. The number of carbonyl (C=O) groups is 2. The lowest BCUT2D eigenvalue weighted by molar-refractivity contribution is -0.138. The summed E-state index contributed by atoms with van der Waals surface area (Å²) >= 11 is 0. The third kappa shape index (κ3) is 5.74. The molecule has 0 bridgehead atoms. The minimum Gasteiger partial charge on any atom is -0.481 e. The van der Waals surface area contributed by atoms with Crippen LogP contribution in [0, 0.1) is 11.3 Å². The largest absolute Gasteiger partial charge is 0.481 e. The van der Waals surface area contributed by atoms with E-state index in [9.17, 15) is 20.0 Å². The number of nitrogens with one attached hydrogen (secondary N) is 2.